The topological polar surface area (TPSA) is 83.1 Å². The van der Waals surface area contributed by atoms with Crippen molar-refractivity contribution in [3.05, 3.63) is 89.7 Å². The molecule has 0 unspecified atom stereocenters. The first-order chi connectivity index (χ1) is 15.8. The van der Waals surface area contributed by atoms with Gasteiger partial charge in [-0.3, -0.25) is 14.6 Å². The number of pyridine rings is 1. The third kappa shape index (κ3) is 5.31. The molecular weight excluding hydrogens is 433 g/mol. The first kappa shape index (κ1) is 22.3. The Hall–Kier alpha value is -3.88. The summed E-state index contributed by atoms with van der Waals surface area (Å²) >= 11 is 0. The third-order valence-corrected chi connectivity index (χ3v) is 5.35. The van der Waals surface area contributed by atoms with E-state index in [0.717, 1.165) is 11.6 Å². The summed E-state index contributed by atoms with van der Waals surface area (Å²) in [5.74, 6) is -0.689. The highest BCUT2D eigenvalue weighted by Crippen LogP contribution is 2.37. The number of nitrogens with one attached hydrogen (secondary N) is 3. The molecule has 4 rings (SSSR count). The van der Waals surface area contributed by atoms with Crippen molar-refractivity contribution in [1.82, 2.24) is 15.6 Å². The number of carbonyl (C=O) groups excluding carboxylic acids is 2. The Kier molecular flexibility index (Phi) is 6.04. The highest BCUT2D eigenvalue weighted by Gasteiger charge is 2.51. The fourth-order valence-electron chi connectivity index (χ4n) is 3.36. The molecule has 2 aromatic carbocycles. The molecule has 1 aliphatic rings. The van der Waals surface area contributed by atoms with Crippen LogP contribution in [-0.4, -0.2) is 22.3 Å². The molecule has 3 aromatic rings. The van der Waals surface area contributed by atoms with Gasteiger partial charge in [0.2, 0.25) is 5.91 Å². The minimum Gasteiger partial charge on any atom is -0.355 e. The summed E-state index contributed by atoms with van der Waals surface area (Å²) in [5, 5.41) is 8.35. The molecule has 1 heterocycles. The average Bonchev–Trinajstić information content (AvgIpc) is 3.59. The van der Waals surface area contributed by atoms with Crippen LogP contribution in [0.3, 0.4) is 0 Å². The van der Waals surface area contributed by atoms with E-state index >= 15 is 0 Å². The second-order valence-electron chi connectivity index (χ2n) is 7.80. The van der Waals surface area contributed by atoms with Crippen molar-refractivity contribution >= 4 is 23.2 Å². The molecule has 6 nitrogen and oxygen atoms in total. The molecule has 3 N–H and O–H groups in total. The van der Waals surface area contributed by atoms with Crippen molar-refractivity contribution in [2.75, 3.05) is 5.32 Å². The van der Waals surface area contributed by atoms with E-state index in [1.807, 2.05) is 0 Å². The van der Waals surface area contributed by atoms with Crippen LogP contribution >= 0.6 is 0 Å². The fraction of sp³-hybridized carbons (Fsp3) is 0.208. The van der Waals surface area contributed by atoms with Gasteiger partial charge in [0.25, 0.3) is 5.91 Å². The minimum absolute atomic E-state index is 0.0367. The van der Waals surface area contributed by atoms with Gasteiger partial charge in [-0.1, -0.05) is 30.3 Å². The Labute approximate surface area is 188 Å². The molecule has 1 fully saturated rings. The molecule has 9 heteroatoms. The maximum Gasteiger partial charge on any atom is 0.418 e. The minimum atomic E-state index is -4.46. The number of anilines is 2. The van der Waals surface area contributed by atoms with Gasteiger partial charge in [0.15, 0.2) is 0 Å². The third-order valence-electron chi connectivity index (χ3n) is 5.35. The quantitative estimate of drug-likeness (QED) is 0.494. The van der Waals surface area contributed by atoms with Gasteiger partial charge in [0, 0.05) is 18.4 Å². The van der Waals surface area contributed by atoms with Crippen molar-refractivity contribution in [2.24, 2.45) is 0 Å². The second-order valence-corrected chi connectivity index (χ2v) is 7.80. The Morgan fingerprint density at radius 2 is 1.64 bits per heavy atom. The molecule has 1 saturated carbocycles. The van der Waals surface area contributed by atoms with Crippen LogP contribution in [0.5, 0.6) is 0 Å². The normalized spacial score (nSPS) is 14.3. The summed E-state index contributed by atoms with van der Waals surface area (Å²) in [6.45, 7) is 0.222. The van der Waals surface area contributed by atoms with Crippen molar-refractivity contribution < 1.29 is 22.8 Å². The van der Waals surface area contributed by atoms with Crippen LogP contribution < -0.4 is 16.0 Å². The average molecular weight is 454 g/mol. The number of rotatable bonds is 7. The van der Waals surface area contributed by atoms with Crippen LogP contribution in [0.25, 0.3) is 0 Å². The van der Waals surface area contributed by atoms with Gasteiger partial charge in [-0.15, -0.1) is 0 Å². The van der Waals surface area contributed by atoms with Crippen LogP contribution in [-0.2, 0) is 17.5 Å². The molecule has 0 bridgehead atoms. The van der Waals surface area contributed by atoms with E-state index < -0.39 is 23.2 Å². The molecule has 0 radical (unpaired) electrons. The standard InChI is InChI=1S/C24H21F3N4O2/c25-24(26,27)18-5-1-2-6-19(18)30-17-10-8-16(9-11-17)15-29-22(33)23(12-13-23)31-21(32)20-7-3-4-14-28-20/h1-11,14,30H,12-13,15H2,(H,29,33)(H,31,32). The lowest BCUT2D eigenvalue weighted by Crippen LogP contribution is -2.48. The highest BCUT2D eigenvalue weighted by atomic mass is 19.4. The van der Waals surface area contributed by atoms with Gasteiger partial charge in [-0.05, 0) is 54.8 Å². The smallest absolute Gasteiger partial charge is 0.355 e. The molecular formula is C24H21F3N4O2. The van der Waals surface area contributed by atoms with Crippen molar-refractivity contribution in [3.63, 3.8) is 0 Å². The number of benzene rings is 2. The van der Waals surface area contributed by atoms with E-state index in [2.05, 4.69) is 20.9 Å². The van der Waals surface area contributed by atoms with Crippen molar-refractivity contribution in [2.45, 2.75) is 31.1 Å². The van der Waals surface area contributed by atoms with E-state index in [1.165, 1.54) is 24.4 Å². The van der Waals surface area contributed by atoms with Crippen molar-refractivity contribution in [1.29, 1.82) is 0 Å². The number of nitrogens with zero attached hydrogens (tertiary/aromatic N) is 1. The first-order valence-corrected chi connectivity index (χ1v) is 10.3. The molecule has 170 valence electrons. The number of alkyl halides is 3. The molecule has 1 aromatic heterocycles. The van der Waals surface area contributed by atoms with Gasteiger partial charge in [-0.25, -0.2) is 0 Å². The number of para-hydroxylation sites is 1. The predicted octanol–water partition coefficient (Wildman–Crippen LogP) is 4.42. The highest BCUT2D eigenvalue weighted by molar-refractivity contribution is 5.99. The number of carbonyl (C=O) groups is 2. The summed E-state index contributed by atoms with van der Waals surface area (Å²) in [6.07, 6.45) is -1.87. The lowest BCUT2D eigenvalue weighted by atomic mass is 10.1. The van der Waals surface area contributed by atoms with Crippen molar-refractivity contribution in [3.8, 4) is 0 Å². The Balaban J connectivity index is 1.34. The van der Waals surface area contributed by atoms with E-state index in [4.69, 9.17) is 0 Å². The number of hydrogen-bond donors (Lipinski definition) is 3. The van der Waals surface area contributed by atoms with Crippen LogP contribution in [0.2, 0.25) is 0 Å². The summed E-state index contributed by atoms with van der Waals surface area (Å²) in [6, 6.07) is 16.9. The maximum atomic E-state index is 13.2. The Bertz CT molecular complexity index is 1140. The van der Waals surface area contributed by atoms with E-state index in [0.29, 0.717) is 18.5 Å². The lowest BCUT2D eigenvalue weighted by molar-refractivity contribution is -0.137. The number of hydrogen-bond acceptors (Lipinski definition) is 4. The van der Waals surface area contributed by atoms with E-state index in [1.54, 1.807) is 42.5 Å². The SMILES string of the molecule is O=C(NC1(C(=O)NCc2ccc(Nc3ccccc3C(F)(F)F)cc2)CC1)c1ccccn1. The molecule has 0 atom stereocenters. The summed E-state index contributed by atoms with van der Waals surface area (Å²) in [5.41, 5.74) is -0.217. The zero-order chi connectivity index (χ0) is 23.5. The molecule has 0 spiro atoms. The Morgan fingerprint density at radius 3 is 2.27 bits per heavy atom. The number of aromatic nitrogens is 1. The van der Waals surface area contributed by atoms with E-state index in [-0.39, 0.29) is 23.8 Å². The summed E-state index contributed by atoms with van der Waals surface area (Å²) in [7, 11) is 0. The summed E-state index contributed by atoms with van der Waals surface area (Å²) < 4.78 is 39.5. The van der Waals surface area contributed by atoms with Gasteiger partial charge < -0.3 is 16.0 Å². The molecule has 1 aliphatic carbocycles. The van der Waals surface area contributed by atoms with Crippen LogP contribution in [0, 0.1) is 0 Å². The van der Waals surface area contributed by atoms with Gasteiger partial charge in [0.05, 0.1) is 11.3 Å². The number of amides is 2. The van der Waals surface area contributed by atoms with Gasteiger partial charge in [0.1, 0.15) is 11.2 Å². The first-order valence-electron chi connectivity index (χ1n) is 10.3. The zero-order valence-corrected chi connectivity index (χ0v) is 17.4. The zero-order valence-electron chi connectivity index (χ0n) is 17.4. The van der Waals surface area contributed by atoms with Crippen LogP contribution in [0.15, 0.2) is 72.9 Å². The maximum absolute atomic E-state index is 13.2. The van der Waals surface area contributed by atoms with Gasteiger partial charge >= 0.3 is 6.18 Å². The fourth-order valence-corrected chi connectivity index (χ4v) is 3.36. The molecule has 0 aliphatic heterocycles. The predicted molar refractivity (Wildman–Crippen MR) is 117 cm³/mol. The number of halogens is 3. The lowest BCUT2D eigenvalue weighted by Gasteiger charge is -2.17. The molecule has 2 amide bonds. The van der Waals surface area contributed by atoms with Gasteiger partial charge in [-0.2, -0.15) is 13.2 Å². The summed E-state index contributed by atoms with van der Waals surface area (Å²) in [4.78, 5) is 29.0. The molecule has 33 heavy (non-hydrogen) atoms. The monoisotopic (exact) mass is 454 g/mol. The largest absolute Gasteiger partial charge is 0.418 e. The Morgan fingerprint density at radius 1 is 0.939 bits per heavy atom. The molecule has 0 saturated heterocycles. The van der Waals surface area contributed by atoms with Crippen LogP contribution in [0.4, 0.5) is 24.5 Å². The van der Waals surface area contributed by atoms with Crippen LogP contribution in [0.1, 0.15) is 34.5 Å². The van der Waals surface area contributed by atoms with E-state index in [9.17, 15) is 22.8 Å². The second kappa shape index (κ2) is 8.93.